The Bertz CT molecular complexity index is 707. The zero-order valence-electron chi connectivity index (χ0n) is 12.1. The van der Waals surface area contributed by atoms with Gasteiger partial charge in [-0.05, 0) is 37.0 Å². The topological polar surface area (TPSA) is 38.9 Å². The van der Waals surface area contributed by atoms with Crippen LogP contribution in [-0.2, 0) is 6.42 Å². The molecule has 1 aromatic heterocycles. The molecule has 0 aliphatic heterocycles. The van der Waals surface area contributed by atoms with Gasteiger partial charge in [-0.25, -0.2) is 0 Å². The number of para-hydroxylation sites is 1. The first-order valence-electron chi connectivity index (χ1n) is 7.48. The van der Waals surface area contributed by atoms with Gasteiger partial charge in [-0.2, -0.15) is 0 Å². The van der Waals surface area contributed by atoms with Crippen molar-refractivity contribution < 1.29 is 0 Å². The monoisotopic (exact) mass is 276 g/mol. The molecule has 2 N–H and O–H groups in total. The molecule has 3 aromatic rings. The smallest absolute Gasteiger partial charge is 0.0705 e. The molecule has 1 heterocycles. The molecule has 0 fully saturated rings. The highest BCUT2D eigenvalue weighted by atomic mass is 14.7. The molecule has 0 amide bonds. The van der Waals surface area contributed by atoms with Crippen LogP contribution in [0.15, 0.2) is 66.7 Å². The summed E-state index contributed by atoms with van der Waals surface area (Å²) in [5, 5.41) is 1.20. The van der Waals surface area contributed by atoms with Gasteiger partial charge in [0.1, 0.15) is 0 Å². The van der Waals surface area contributed by atoms with Crippen LogP contribution in [0.25, 0.3) is 10.9 Å². The van der Waals surface area contributed by atoms with Crippen molar-refractivity contribution in [1.82, 2.24) is 4.98 Å². The maximum Gasteiger partial charge on any atom is 0.0705 e. The van der Waals surface area contributed by atoms with Crippen molar-refractivity contribution in [2.75, 3.05) is 0 Å². The molecule has 1 unspecified atom stereocenters. The number of pyridine rings is 1. The van der Waals surface area contributed by atoms with E-state index in [4.69, 9.17) is 10.7 Å². The summed E-state index contributed by atoms with van der Waals surface area (Å²) < 4.78 is 0. The molecular weight excluding hydrogens is 256 g/mol. The second-order valence-corrected chi connectivity index (χ2v) is 5.40. The number of fused-ring (bicyclic) bond motifs is 1. The van der Waals surface area contributed by atoms with Gasteiger partial charge >= 0.3 is 0 Å². The highest BCUT2D eigenvalue weighted by Crippen LogP contribution is 2.18. The average Bonchev–Trinajstić information content (AvgIpc) is 2.55. The second kappa shape index (κ2) is 6.51. The Morgan fingerprint density at radius 2 is 1.62 bits per heavy atom. The molecule has 0 saturated carbocycles. The lowest BCUT2D eigenvalue weighted by atomic mass is 10.0. The summed E-state index contributed by atoms with van der Waals surface area (Å²) in [7, 11) is 0. The fourth-order valence-corrected chi connectivity index (χ4v) is 2.62. The largest absolute Gasteiger partial charge is 0.324 e. The predicted molar refractivity (Wildman–Crippen MR) is 88.1 cm³/mol. The molecule has 0 aliphatic carbocycles. The lowest BCUT2D eigenvalue weighted by molar-refractivity contribution is 0.608. The number of hydrogen-bond acceptors (Lipinski definition) is 2. The van der Waals surface area contributed by atoms with Crippen molar-refractivity contribution >= 4 is 10.9 Å². The van der Waals surface area contributed by atoms with Gasteiger partial charge in [0.15, 0.2) is 0 Å². The normalized spacial score (nSPS) is 12.4. The first-order valence-corrected chi connectivity index (χ1v) is 7.48. The van der Waals surface area contributed by atoms with E-state index in [-0.39, 0.29) is 6.04 Å². The SMILES string of the molecule is NC(CCCc1ccc2ccccc2n1)c1ccccc1. The van der Waals surface area contributed by atoms with Crippen LogP contribution in [0.2, 0.25) is 0 Å². The summed E-state index contributed by atoms with van der Waals surface area (Å²) in [4.78, 5) is 4.70. The molecule has 2 aromatic carbocycles. The summed E-state index contributed by atoms with van der Waals surface area (Å²) in [6.07, 6.45) is 3.02. The van der Waals surface area contributed by atoms with E-state index in [0.717, 1.165) is 30.5 Å². The van der Waals surface area contributed by atoms with E-state index >= 15 is 0 Å². The van der Waals surface area contributed by atoms with E-state index in [1.54, 1.807) is 0 Å². The van der Waals surface area contributed by atoms with Crippen LogP contribution >= 0.6 is 0 Å². The minimum absolute atomic E-state index is 0.117. The maximum atomic E-state index is 6.23. The number of rotatable bonds is 5. The third kappa shape index (κ3) is 3.47. The predicted octanol–water partition coefficient (Wildman–Crippen LogP) is 4.26. The molecule has 0 spiro atoms. The second-order valence-electron chi connectivity index (χ2n) is 5.40. The van der Waals surface area contributed by atoms with Crippen LogP contribution < -0.4 is 5.73 Å². The molecule has 21 heavy (non-hydrogen) atoms. The first kappa shape index (κ1) is 13.8. The van der Waals surface area contributed by atoms with Gasteiger partial charge in [-0.3, -0.25) is 4.98 Å². The zero-order valence-corrected chi connectivity index (χ0v) is 12.1. The van der Waals surface area contributed by atoms with Gasteiger partial charge in [0, 0.05) is 17.1 Å². The first-order chi connectivity index (χ1) is 10.3. The van der Waals surface area contributed by atoms with Crippen LogP contribution in [0.3, 0.4) is 0 Å². The Labute approximate surface area is 125 Å². The van der Waals surface area contributed by atoms with E-state index in [0.29, 0.717) is 0 Å². The summed E-state index contributed by atoms with van der Waals surface area (Å²) in [5.41, 5.74) is 9.66. The minimum Gasteiger partial charge on any atom is -0.324 e. The molecule has 0 saturated heterocycles. The third-order valence-electron chi connectivity index (χ3n) is 3.83. The molecule has 0 bridgehead atoms. The number of nitrogens with two attached hydrogens (primary N) is 1. The van der Waals surface area contributed by atoms with Gasteiger partial charge in [0.05, 0.1) is 5.52 Å². The van der Waals surface area contributed by atoms with Crippen molar-refractivity contribution in [2.24, 2.45) is 5.73 Å². The Balaban J connectivity index is 1.59. The van der Waals surface area contributed by atoms with Crippen LogP contribution in [0.4, 0.5) is 0 Å². The Kier molecular flexibility index (Phi) is 4.27. The lowest BCUT2D eigenvalue weighted by Crippen LogP contribution is -2.10. The highest BCUT2D eigenvalue weighted by molar-refractivity contribution is 5.78. The number of hydrogen-bond donors (Lipinski definition) is 1. The summed E-state index contributed by atoms with van der Waals surface area (Å²) in [6.45, 7) is 0. The molecular formula is C19H20N2. The van der Waals surface area contributed by atoms with Crippen molar-refractivity contribution in [1.29, 1.82) is 0 Å². The quantitative estimate of drug-likeness (QED) is 0.756. The fraction of sp³-hybridized carbons (Fsp3) is 0.211. The molecule has 2 nitrogen and oxygen atoms in total. The van der Waals surface area contributed by atoms with Crippen molar-refractivity contribution in [3.8, 4) is 0 Å². The molecule has 0 aliphatic rings. The van der Waals surface area contributed by atoms with Crippen LogP contribution in [0.5, 0.6) is 0 Å². The van der Waals surface area contributed by atoms with Gasteiger partial charge < -0.3 is 5.73 Å². The van der Waals surface area contributed by atoms with Gasteiger partial charge in [-0.15, -0.1) is 0 Å². The molecule has 1 atom stereocenters. The lowest BCUT2D eigenvalue weighted by Gasteiger charge is -2.11. The fourth-order valence-electron chi connectivity index (χ4n) is 2.62. The average molecular weight is 276 g/mol. The van der Waals surface area contributed by atoms with Crippen molar-refractivity contribution in [3.05, 3.63) is 78.0 Å². The summed E-state index contributed by atoms with van der Waals surface area (Å²) in [5.74, 6) is 0. The third-order valence-corrected chi connectivity index (χ3v) is 3.83. The number of nitrogens with zero attached hydrogens (tertiary/aromatic N) is 1. The van der Waals surface area contributed by atoms with E-state index < -0.39 is 0 Å². The summed E-state index contributed by atoms with van der Waals surface area (Å²) in [6, 6.07) is 22.9. The van der Waals surface area contributed by atoms with Crippen LogP contribution in [-0.4, -0.2) is 4.98 Å². The molecule has 3 rings (SSSR count). The van der Waals surface area contributed by atoms with E-state index in [9.17, 15) is 0 Å². The van der Waals surface area contributed by atoms with Gasteiger partial charge in [0.2, 0.25) is 0 Å². The van der Waals surface area contributed by atoms with Gasteiger partial charge in [-0.1, -0.05) is 54.6 Å². The standard InChI is InChI=1S/C19H20N2/c20-18(15-7-2-1-3-8-15)11-6-10-17-14-13-16-9-4-5-12-19(16)21-17/h1-5,7-9,12-14,18H,6,10-11,20H2. The Morgan fingerprint density at radius 3 is 2.48 bits per heavy atom. The molecule has 106 valence electrons. The van der Waals surface area contributed by atoms with E-state index in [1.165, 1.54) is 10.9 Å². The zero-order chi connectivity index (χ0) is 14.5. The van der Waals surface area contributed by atoms with Gasteiger partial charge in [0.25, 0.3) is 0 Å². The highest BCUT2D eigenvalue weighted by Gasteiger charge is 2.05. The molecule has 2 heteroatoms. The van der Waals surface area contributed by atoms with Crippen LogP contribution in [0.1, 0.15) is 30.1 Å². The number of benzene rings is 2. The summed E-state index contributed by atoms with van der Waals surface area (Å²) >= 11 is 0. The Morgan fingerprint density at radius 1 is 0.857 bits per heavy atom. The van der Waals surface area contributed by atoms with E-state index in [1.807, 2.05) is 30.3 Å². The number of aryl methyl sites for hydroxylation is 1. The van der Waals surface area contributed by atoms with E-state index in [2.05, 4.69) is 36.4 Å². The Hall–Kier alpha value is -2.19. The van der Waals surface area contributed by atoms with Crippen molar-refractivity contribution in [3.63, 3.8) is 0 Å². The minimum atomic E-state index is 0.117. The maximum absolute atomic E-state index is 6.23. The number of aromatic nitrogens is 1. The van der Waals surface area contributed by atoms with Crippen LogP contribution in [0, 0.1) is 0 Å². The van der Waals surface area contributed by atoms with Crippen molar-refractivity contribution in [2.45, 2.75) is 25.3 Å². The molecule has 0 radical (unpaired) electrons.